The van der Waals surface area contributed by atoms with Crippen LogP contribution >= 0.6 is 27.3 Å². The SMILES string of the molecule is CCN(Cc1ccc(Br)s1)C(=O)OCc1ccccc1. The first-order valence-electron chi connectivity index (χ1n) is 6.39. The molecule has 0 N–H and O–H groups in total. The van der Waals surface area contributed by atoms with Crippen LogP contribution in [0.25, 0.3) is 0 Å². The van der Waals surface area contributed by atoms with Crippen LogP contribution in [0, 0.1) is 0 Å². The fourth-order valence-corrected chi connectivity index (χ4v) is 3.24. The Balaban J connectivity index is 1.89. The molecule has 0 saturated carbocycles. The van der Waals surface area contributed by atoms with Crippen molar-refractivity contribution in [2.75, 3.05) is 6.54 Å². The summed E-state index contributed by atoms with van der Waals surface area (Å²) < 4.78 is 6.41. The highest BCUT2D eigenvalue weighted by molar-refractivity contribution is 9.11. The van der Waals surface area contributed by atoms with Crippen molar-refractivity contribution in [3.63, 3.8) is 0 Å². The molecule has 106 valence electrons. The van der Waals surface area contributed by atoms with E-state index < -0.39 is 0 Å². The maximum Gasteiger partial charge on any atom is 0.410 e. The van der Waals surface area contributed by atoms with Gasteiger partial charge in [0.15, 0.2) is 0 Å². The Hall–Kier alpha value is -1.33. The van der Waals surface area contributed by atoms with Crippen LogP contribution in [0.3, 0.4) is 0 Å². The minimum atomic E-state index is -0.277. The second-order valence-corrected chi connectivity index (χ2v) is 6.81. The highest BCUT2D eigenvalue weighted by Gasteiger charge is 2.14. The molecule has 1 heterocycles. The number of carbonyl (C=O) groups is 1. The fraction of sp³-hybridized carbons (Fsp3) is 0.267. The number of carbonyl (C=O) groups excluding carboxylic acids is 1. The third-order valence-corrected chi connectivity index (χ3v) is 4.43. The zero-order valence-corrected chi connectivity index (χ0v) is 13.6. The minimum Gasteiger partial charge on any atom is -0.445 e. The maximum atomic E-state index is 12.1. The molecule has 1 amide bonds. The summed E-state index contributed by atoms with van der Waals surface area (Å²) in [5.41, 5.74) is 0.996. The third-order valence-electron chi connectivity index (χ3n) is 2.82. The molecular formula is C15H16BrNO2S. The van der Waals surface area contributed by atoms with Crippen molar-refractivity contribution in [1.29, 1.82) is 0 Å². The molecule has 0 aliphatic heterocycles. The van der Waals surface area contributed by atoms with Gasteiger partial charge in [-0.1, -0.05) is 30.3 Å². The van der Waals surface area contributed by atoms with Crippen LogP contribution in [0.4, 0.5) is 4.79 Å². The van der Waals surface area contributed by atoms with E-state index in [-0.39, 0.29) is 6.09 Å². The van der Waals surface area contributed by atoms with Gasteiger partial charge in [0.25, 0.3) is 0 Å². The molecule has 5 heteroatoms. The van der Waals surface area contributed by atoms with Gasteiger partial charge < -0.3 is 9.64 Å². The van der Waals surface area contributed by atoms with E-state index in [2.05, 4.69) is 15.9 Å². The van der Waals surface area contributed by atoms with Gasteiger partial charge in [0.05, 0.1) is 10.3 Å². The molecule has 3 nitrogen and oxygen atoms in total. The number of halogens is 1. The van der Waals surface area contributed by atoms with Gasteiger partial charge in [-0.05, 0) is 40.5 Å². The van der Waals surface area contributed by atoms with Crippen LogP contribution < -0.4 is 0 Å². The molecule has 0 saturated heterocycles. The van der Waals surface area contributed by atoms with Gasteiger partial charge >= 0.3 is 6.09 Å². The summed E-state index contributed by atoms with van der Waals surface area (Å²) in [6.45, 7) is 3.47. The van der Waals surface area contributed by atoms with Crippen LogP contribution in [0.15, 0.2) is 46.3 Å². The molecule has 1 aromatic carbocycles. The van der Waals surface area contributed by atoms with Gasteiger partial charge in [-0.15, -0.1) is 11.3 Å². The summed E-state index contributed by atoms with van der Waals surface area (Å²) in [6.07, 6.45) is -0.277. The van der Waals surface area contributed by atoms with Crippen molar-refractivity contribution in [1.82, 2.24) is 4.90 Å². The van der Waals surface area contributed by atoms with Crippen molar-refractivity contribution >= 4 is 33.4 Å². The van der Waals surface area contributed by atoms with Crippen molar-refractivity contribution in [2.24, 2.45) is 0 Å². The Kier molecular flexibility index (Phi) is 5.61. The molecule has 0 radical (unpaired) electrons. The van der Waals surface area contributed by atoms with E-state index in [1.165, 1.54) is 0 Å². The van der Waals surface area contributed by atoms with Gasteiger partial charge in [0, 0.05) is 11.4 Å². The maximum absolute atomic E-state index is 12.1. The summed E-state index contributed by atoms with van der Waals surface area (Å²) in [7, 11) is 0. The lowest BCUT2D eigenvalue weighted by Gasteiger charge is -2.19. The average Bonchev–Trinajstić information content (AvgIpc) is 2.88. The molecule has 1 aromatic heterocycles. The second-order valence-electron chi connectivity index (χ2n) is 4.26. The molecule has 0 aliphatic carbocycles. The minimum absolute atomic E-state index is 0.277. The quantitative estimate of drug-likeness (QED) is 0.781. The summed E-state index contributed by atoms with van der Waals surface area (Å²) in [6, 6.07) is 13.7. The third kappa shape index (κ3) is 4.35. The fourth-order valence-electron chi connectivity index (χ4n) is 1.74. The number of rotatable bonds is 5. The van der Waals surface area contributed by atoms with E-state index in [0.29, 0.717) is 19.7 Å². The zero-order chi connectivity index (χ0) is 14.4. The lowest BCUT2D eigenvalue weighted by atomic mass is 10.2. The Morgan fingerprint density at radius 2 is 2.00 bits per heavy atom. The lowest BCUT2D eigenvalue weighted by molar-refractivity contribution is 0.0960. The standard InChI is InChI=1S/C15H16BrNO2S/c1-2-17(10-13-8-9-14(16)20-13)15(18)19-11-12-6-4-3-5-7-12/h3-9H,2,10-11H2,1H3. The molecule has 0 atom stereocenters. The van der Waals surface area contributed by atoms with E-state index in [4.69, 9.17) is 4.74 Å². The van der Waals surface area contributed by atoms with Gasteiger partial charge in [-0.25, -0.2) is 4.79 Å². The lowest BCUT2D eigenvalue weighted by Crippen LogP contribution is -2.30. The van der Waals surface area contributed by atoms with Crippen molar-refractivity contribution in [3.8, 4) is 0 Å². The Bertz CT molecular complexity index is 556. The van der Waals surface area contributed by atoms with Crippen molar-refractivity contribution in [3.05, 3.63) is 56.7 Å². The van der Waals surface area contributed by atoms with E-state index in [1.807, 2.05) is 49.4 Å². The highest BCUT2D eigenvalue weighted by Crippen LogP contribution is 2.23. The molecule has 0 fully saturated rings. The number of benzene rings is 1. The summed E-state index contributed by atoms with van der Waals surface area (Å²) in [5.74, 6) is 0. The molecule has 0 aliphatic rings. The van der Waals surface area contributed by atoms with Gasteiger partial charge in [0.2, 0.25) is 0 Å². The number of nitrogens with zero attached hydrogens (tertiary/aromatic N) is 1. The van der Waals surface area contributed by atoms with Crippen LogP contribution in [-0.2, 0) is 17.9 Å². The van der Waals surface area contributed by atoms with Crippen molar-refractivity contribution < 1.29 is 9.53 Å². The topological polar surface area (TPSA) is 29.5 Å². The van der Waals surface area contributed by atoms with E-state index >= 15 is 0 Å². The molecule has 2 aromatic rings. The van der Waals surface area contributed by atoms with Crippen LogP contribution in [-0.4, -0.2) is 17.5 Å². The largest absolute Gasteiger partial charge is 0.445 e. The number of hydrogen-bond acceptors (Lipinski definition) is 3. The molecule has 0 unspecified atom stereocenters. The van der Waals surface area contributed by atoms with E-state index in [9.17, 15) is 4.79 Å². The average molecular weight is 354 g/mol. The Morgan fingerprint density at radius 1 is 1.25 bits per heavy atom. The summed E-state index contributed by atoms with van der Waals surface area (Å²) >= 11 is 5.06. The molecule has 0 bridgehead atoms. The van der Waals surface area contributed by atoms with Crippen molar-refractivity contribution in [2.45, 2.75) is 20.1 Å². The van der Waals surface area contributed by atoms with E-state index in [1.54, 1.807) is 16.2 Å². The molecule has 20 heavy (non-hydrogen) atoms. The first kappa shape index (κ1) is 15.1. The first-order valence-corrected chi connectivity index (χ1v) is 8.00. The molecular weight excluding hydrogens is 338 g/mol. The molecule has 0 spiro atoms. The normalized spacial score (nSPS) is 10.3. The smallest absolute Gasteiger partial charge is 0.410 e. The number of ether oxygens (including phenoxy) is 1. The second kappa shape index (κ2) is 7.45. The number of amides is 1. The van der Waals surface area contributed by atoms with Crippen LogP contribution in [0.2, 0.25) is 0 Å². The summed E-state index contributed by atoms with van der Waals surface area (Å²) in [5, 5.41) is 0. The number of hydrogen-bond donors (Lipinski definition) is 0. The Labute approximate surface area is 131 Å². The van der Waals surface area contributed by atoms with Gasteiger partial charge in [-0.2, -0.15) is 0 Å². The first-order chi connectivity index (χ1) is 9.69. The van der Waals surface area contributed by atoms with E-state index in [0.717, 1.165) is 14.2 Å². The highest BCUT2D eigenvalue weighted by atomic mass is 79.9. The predicted octanol–water partition coefficient (Wildman–Crippen LogP) is 4.67. The van der Waals surface area contributed by atoms with Crippen LogP contribution in [0.5, 0.6) is 0 Å². The zero-order valence-electron chi connectivity index (χ0n) is 11.2. The molecule has 2 rings (SSSR count). The van der Waals surface area contributed by atoms with Gasteiger partial charge in [0.1, 0.15) is 6.61 Å². The van der Waals surface area contributed by atoms with Crippen LogP contribution in [0.1, 0.15) is 17.4 Å². The monoisotopic (exact) mass is 353 g/mol. The predicted molar refractivity (Wildman–Crippen MR) is 84.7 cm³/mol. The summed E-state index contributed by atoms with van der Waals surface area (Å²) in [4.78, 5) is 14.9. The number of thiophene rings is 1. The van der Waals surface area contributed by atoms with Gasteiger partial charge in [-0.3, -0.25) is 0 Å². The Morgan fingerprint density at radius 3 is 2.60 bits per heavy atom.